The molecule has 2 fully saturated rings. The van der Waals surface area contributed by atoms with Gasteiger partial charge in [0.25, 0.3) is 0 Å². The summed E-state index contributed by atoms with van der Waals surface area (Å²) in [5.41, 5.74) is 8.76. The lowest BCUT2D eigenvalue weighted by Crippen LogP contribution is -2.32. The molecule has 2 nitrogen and oxygen atoms in total. The molecule has 0 unspecified atom stereocenters. The van der Waals surface area contributed by atoms with E-state index in [1.165, 1.54) is 44.3 Å². The summed E-state index contributed by atoms with van der Waals surface area (Å²) in [6.45, 7) is 3.66. The Morgan fingerprint density at radius 3 is 2.65 bits per heavy atom. The molecule has 1 heterocycles. The first-order chi connectivity index (χ1) is 7.76. The van der Waals surface area contributed by atoms with Gasteiger partial charge in [-0.1, -0.05) is 18.6 Å². The van der Waals surface area contributed by atoms with Gasteiger partial charge in [0.2, 0.25) is 0 Å². The van der Waals surface area contributed by atoms with E-state index in [4.69, 9.17) is 5.73 Å². The minimum absolute atomic E-state index is 0. The lowest BCUT2D eigenvalue weighted by molar-refractivity contribution is 0.137. The molecule has 1 aromatic carbocycles. The quantitative estimate of drug-likeness (QED) is 0.820. The number of benzene rings is 1. The van der Waals surface area contributed by atoms with Crippen molar-refractivity contribution < 1.29 is 0 Å². The van der Waals surface area contributed by atoms with Gasteiger partial charge in [0, 0.05) is 18.8 Å². The summed E-state index contributed by atoms with van der Waals surface area (Å²) in [5.74, 6) is 0. The molecule has 1 aromatic rings. The van der Waals surface area contributed by atoms with Crippen molar-refractivity contribution in [1.82, 2.24) is 4.90 Å². The van der Waals surface area contributed by atoms with Crippen LogP contribution in [0.15, 0.2) is 24.3 Å². The van der Waals surface area contributed by atoms with Gasteiger partial charge < -0.3 is 5.73 Å². The lowest BCUT2D eigenvalue weighted by Gasteiger charge is -2.38. The molecular formula is C14H21ClN2. The zero-order chi connectivity index (χ0) is 11.0. The molecule has 3 rings (SSSR count). The number of hydrogen-bond donors (Lipinski definition) is 1. The van der Waals surface area contributed by atoms with Gasteiger partial charge in [0.05, 0.1) is 0 Å². The summed E-state index contributed by atoms with van der Waals surface area (Å²) < 4.78 is 0. The summed E-state index contributed by atoms with van der Waals surface area (Å²) in [5, 5.41) is 0. The highest BCUT2D eigenvalue weighted by atomic mass is 35.5. The van der Waals surface area contributed by atoms with E-state index in [0.717, 1.165) is 12.2 Å². The average molecular weight is 253 g/mol. The van der Waals surface area contributed by atoms with E-state index in [1.54, 1.807) is 0 Å². The highest BCUT2D eigenvalue weighted by Gasteiger charge is 2.42. The zero-order valence-electron chi connectivity index (χ0n) is 10.2. The Hall–Kier alpha value is -0.730. The third kappa shape index (κ3) is 2.58. The molecule has 1 saturated heterocycles. The van der Waals surface area contributed by atoms with Crippen LogP contribution in [-0.4, -0.2) is 18.0 Å². The van der Waals surface area contributed by atoms with Crippen LogP contribution in [0.5, 0.6) is 0 Å². The van der Waals surface area contributed by atoms with Gasteiger partial charge in [-0.05, 0) is 48.9 Å². The first-order valence-corrected chi connectivity index (χ1v) is 6.33. The first kappa shape index (κ1) is 12.7. The molecule has 1 spiro atoms. The summed E-state index contributed by atoms with van der Waals surface area (Å²) in [6.07, 6.45) is 5.78. The maximum Gasteiger partial charge on any atom is 0.0317 e. The fourth-order valence-electron chi connectivity index (χ4n) is 3.20. The van der Waals surface area contributed by atoms with E-state index in [2.05, 4.69) is 23.1 Å². The van der Waals surface area contributed by atoms with Crippen molar-refractivity contribution in [3.05, 3.63) is 29.8 Å². The number of nitrogens with two attached hydrogens (primary N) is 1. The predicted octanol–water partition coefficient (Wildman–Crippen LogP) is 3.07. The molecule has 0 amide bonds. The van der Waals surface area contributed by atoms with E-state index >= 15 is 0 Å². The zero-order valence-corrected chi connectivity index (χ0v) is 11.0. The number of halogens is 1. The third-order valence-electron chi connectivity index (χ3n) is 4.29. The van der Waals surface area contributed by atoms with Gasteiger partial charge in [-0.15, -0.1) is 12.4 Å². The minimum atomic E-state index is 0. The van der Waals surface area contributed by atoms with Gasteiger partial charge in [-0.3, -0.25) is 4.90 Å². The maximum atomic E-state index is 5.80. The smallest absolute Gasteiger partial charge is 0.0317 e. The average Bonchev–Trinajstić information content (AvgIpc) is 2.62. The van der Waals surface area contributed by atoms with Crippen molar-refractivity contribution in [2.45, 2.75) is 32.2 Å². The van der Waals surface area contributed by atoms with Crippen molar-refractivity contribution in [2.24, 2.45) is 5.41 Å². The van der Waals surface area contributed by atoms with Crippen LogP contribution in [0.2, 0.25) is 0 Å². The topological polar surface area (TPSA) is 29.3 Å². The molecule has 1 aliphatic carbocycles. The predicted molar refractivity (Wildman–Crippen MR) is 74.3 cm³/mol. The fourth-order valence-corrected chi connectivity index (χ4v) is 3.20. The monoisotopic (exact) mass is 252 g/mol. The Morgan fingerprint density at radius 1 is 1.24 bits per heavy atom. The standard InChI is InChI=1S/C14H20N2.ClH/c15-13-4-1-3-12(9-13)10-16-8-7-14(11-16)5-2-6-14;/h1,3-4,9H,2,5-8,10-11,15H2;1H. The molecule has 94 valence electrons. The van der Waals surface area contributed by atoms with Crippen molar-refractivity contribution in [1.29, 1.82) is 0 Å². The van der Waals surface area contributed by atoms with Crippen molar-refractivity contribution >= 4 is 18.1 Å². The lowest BCUT2D eigenvalue weighted by atomic mass is 9.68. The van der Waals surface area contributed by atoms with Crippen molar-refractivity contribution in [3.63, 3.8) is 0 Å². The van der Waals surface area contributed by atoms with E-state index in [9.17, 15) is 0 Å². The van der Waals surface area contributed by atoms with Crippen molar-refractivity contribution in [3.8, 4) is 0 Å². The molecule has 2 N–H and O–H groups in total. The molecule has 0 atom stereocenters. The van der Waals surface area contributed by atoms with Crippen molar-refractivity contribution in [2.75, 3.05) is 18.8 Å². The fraction of sp³-hybridized carbons (Fsp3) is 0.571. The molecule has 1 saturated carbocycles. The third-order valence-corrected chi connectivity index (χ3v) is 4.29. The summed E-state index contributed by atoms with van der Waals surface area (Å²) in [6, 6.07) is 8.30. The molecule has 2 aliphatic rings. The highest BCUT2D eigenvalue weighted by Crippen LogP contribution is 2.48. The minimum Gasteiger partial charge on any atom is -0.399 e. The number of anilines is 1. The Bertz CT molecular complexity index is 388. The van der Waals surface area contributed by atoms with Gasteiger partial charge in [-0.25, -0.2) is 0 Å². The maximum absolute atomic E-state index is 5.80. The van der Waals surface area contributed by atoms with Crippen LogP contribution in [0.1, 0.15) is 31.2 Å². The second-order valence-electron chi connectivity index (χ2n) is 5.56. The largest absolute Gasteiger partial charge is 0.399 e. The first-order valence-electron chi connectivity index (χ1n) is 6.33. The molecule has 0 aromatic heterocycles. The Labute approximate surface area is 110 Å². The Morgan fingerprint density at radius 2 is 2.06 bits per heavy atom. The number of hydrogen-bond acceptors (Lipinski definition) is 2. The van der Waals surface area contributed by atoms with Crippen LogP contribution >= 0.6 is 12.4 Å². The number of rotatable bonds is 2. The summed E-state index contributed by atoms with van der Waals surface area (Å²) in [7, 11) is 0. The number of nitrogen functional groups attached to an aromatic ring is 1. The van der Waals surface area contributed by atoms with Crippen LogP contribution in [0.4, 0.5) is 5.69 Å². The molecule has 0 bridgehead atoms. The van der Waals surface area contributed by atoms with Crippen LogP contribution in [0.25, 0.3) is 0 Å². The molecule has 0 radical (unpaired) electrons. The number of nitrogens with zero attached hydrogens (tertiary/aromatic N) is 1. The Kier molecular flexibility index (Phi) is 3.64. The normalized spacial score (nSPS) is 22.1. The van der Waals surface area contributed by atoms with Gasteiger partial charge >= 0.3 is 0 Å². The van der Waals surface area contributed by atoms with Crippen LogP contribution in [0, 0.1) is 5.41 Å². The van der Waals surface area contributed by atoms with Gasteiger partial charge in [0.15, 0.2) is 0 Å². The Balaban J connectivity index is 0.00000108. The van der Waals surface area contributed by atoms with E-state index in [0.29, 0.717) is 5.41 Å². The second kappa shape index (κ2) is 4.87. The van der Waals surface area contributed by atoms with Crippen LogP contribution < -0.4 is 5.73 Å². The number of likely N-dealkylation sites (tertiary alicyclic amines) is 1. The molecule has 17 heavy (non-hydrogen) atoms. The summed E-state index contributed by atoms with van der Waals surface area (Å²) >= 11 is 0. The second-order valence-corrected chi connectivity index (χ2v) is 5.56. The van der Waals surface area contributed by atoms with Gasteiger partial charge in [-0.2, -0.15) is 0 Å². The van der Waals surface area contributed by atoms with Crippen LogP contribution in [0.3, 0.4) is 0 Å². The van der Waals surface area contributed by atoms with E-state index < -0.39 is 0 Å². The van der Waals surface area contributed by atoms with Gasteiger partial charge in [0.1, 0.15) is 0 Å². The van der Waals surface area contributed by atoms with E-state index in [-0.39, 0.29) is 12.4 Å². The SMILES string of the molecule is Cl.Nc1cccc(CN2CCC3(CCC3)C2)c1. The molecule has 3 heteroatoms. The summed E-state index contributed by atoms with van der Waals surface area (Å²) in [4.78, 5) is 2.59. The molecular weight excluding hydrogens is 232 g/mol. The highest BCUT2D eigenvalue weighted by molar-refractivity contribution is 5.85. The van der Waals surface area contributed by atoms with E-state index in [1.807, 2.05) is 6.07 Å². The molecule has 1 aliphatic heterocycles. The van der Waals surface area contributed by atoms with Crippen LogP contribution in [-0.2, 0) is 6.54 Å².